The molecule has 4 rings (SSSR count). The van der Waals surface area contributed by atoms with Crippen molar-refractivity contribution in [3.8, 4) is 29.6 Å². The first kappa shape index (κ1) is 30.4. The zero-order chi connectivity index (χ0) is 29.7. The van der Waals surface area contributed by atoms with Crippen molar-refractivity contribution in [1.29, 1.82) is 0 Å². The predicted octanol–water partition coefficient (Wildman–Crippen LogP) is 4.60. The van der Waals surface area contributed by atoms with Gasteiger partial charge in [-0.05, 0) is 87.0 Å². The lowest BCUT2D eigenvalue weighted by Crippen LogP contribution is -2.40. The lowest BCUT2D eigenvalue weighted by Gasteiger charge is -2.26. The van der Waals surface area contributed by atoms with Crippen molar-refractivity contribution >= 4 is 46.0 Å². The number of carbonyl (C=O) groups excluding carboxylic acids is 1. The number of para-hydroxylation sites is 1. The molecule has 8 nitrogen and oxygen atoms in total. The van der Waals surface area contributed by atoms with E-state index in [-0.39, 0.29) is 24.9 Å². The van der Waals surface area contributed by atoms with Crippen molar-refractivity contribution in [2.75, 3.05) is 19.8 Å². The number of terminal acetylenes is 1. The molecule has 0 radical (unpaired) electrons. The van der Waals surface area contributed by atoms with Crippen LogP contribution in [0.1, 0.15) is 51.8 Å². The van der Waals surface area contributed by atoms with Crippen LogP contribution in [0.15, 0.2) is 57.5 Å². The first-order chi connectivity index (χ1) is 19.7. The summed E-state index contributed by atoms with van der Waals surface area (Å²) in [5.74, 6) is 3.62. The maximum atomic E-state index is 14.1. The van der Waals surface area contributed by atoms with Crippen LogP contribution in [0.25, 0.3) is 6.08 Å². The molecule has 0 saturated heterocycles. The van der Waals surface area contributed by atoms with Crippen LogP contribution in [0, 0.1) is 15.9 Å². The fraction of sp³-hybridized carbons (Fsp3) is 0.323. The highest BCUT2D eigenvalue weighted by molar-refractivity contribution is 14.1. The molecule has 0 N–H and O–H groups in total. The molecule has 0 unspecified atom stereocenters. The standard InChI is InChI=1S/C31H31IN2O6S/c1-7-14-39-28-22(32)15-20(16-24(28)37-8-2)17-25-29(35)34-27(21-12-10-11-13-23(21)40-18(4)5)26(30(36)38-9-3)19(6)33-31(34)41-25/h1,10-13,15-18,27H,8-9,14H2,2-6H3/b25-17+/t27-/m1/s1. The van der Waals surface area contributed by atoms with E-state index in [0.717, 1.165) is 9.13 Å². The fourth-order valence-corrected chi connectivity index (χ4v) is 6.32. The molecule has 0 aliphatic carbocycles. The molecule has 1 atom stereocenters. The van der Waals surface area contributed by atoms with Crippen LogP contribution in [0.4, 0.5) is 0 Å². The van der Waals surface area contributed by atoms with Gasteiger partial charge < -0.3 is 18.9 Å². The molecule has 0 saturated carbocycles. The van der Waals surface area contributed by atoms with E-state index >= 15 is 0 Å². The van der Waals surface area contributed by atoms with Gasteiger partial charge in [0.1, 0.15) is 18.4 Å². The van der Waals surface area contributed by atoms with Gasteiger partial charge >= 0.3 is 5.97 Å². The third kappa shape index (κ3) is 6.52. The maximum absolute atomic E-state index is 14.1. The summed E-state index contributed by atoms with van der Waals surface area (Å²) in [6.45, 7) is 9.97. The quantitative estimate of drug-likeness (QED) is 0.176. The first-order valence-electron chi connectivity index (χ1n) is 13.2. The summed E-state index contributed by atoms with van der Waals surface area (Å²) in [6.07, 6.45) is 7.05. The molecule has 3 aromatic rings. The van der Waals surface area contributed by atoms with E-state index in [1.54, 1.807) is 24.5 Å². The van der Waals surface area contributed by atoms with Crippen molar-refractivity contribution in [3.05, 3.63) is 82.1 Å². The van der Waals surface area contributed by atoms with Gasteiger partial charge in [0.15, 0.2) is 16.3 Å². The molecule has 0 bridgehead atoms. The van der Waals surface area contributed by atoms with Crippen LogP contribution >= 0.6 is 33.9 Å². The average molecular weight is 687 g/mol. The van der Waals surface area contributed by atoms with Crippen LogP contribution in [0.5, 0.6) is 17.2 Å². The number of ether oxygens (including phenoxy) is 4. The van der Waals surface area contributed by atoms with Crippen LogP contribution in [0.3, 0.4) is 0 Å². The lowest BCUT2D eigenvalue weighted by atomic mass is 9.95. The maximum Gasteiger partial charge on any atom is 0.338 e. The molecular weight excluding hydrogens is 655 g/mol. The average Bonchev–Trinajstić information content (AvgIpc) is 3.22. The number of benzene rings is 2. The molecule has 214 valence electrons. The molecule has 1 aromatic heterocycles. The van der Waals surface area contributed by atoms with E-state index in [1.807, 2.05) is 57.2 Å². The Hall–Kier alpha value is -3.56. The summed E-state index contributed by atoms with van der Waals surface area (Å²) in [6, 6.07) is 10.4. The summed E-state index contributed by atoms with van der Waals surface area (Å²) >= 11 is 3.41. The Balaban J connectivity index is 1.94. The zero-order valence-corrected chi connectivity index (χ0v) is 26.5. The number of hydrogen-bond donors (Lipinski definition) is 0. The first-order valence-corrected chi connectivity index (χ1v) is 15.1. The molecule has 41 heavy (non-hydrogen) atoms. The van der Waals surface area contributed by atoms with Crippen molar-refractivity contribution in [3.63, 3.8) is 0 Å². The van der Waals surface area contributed by atoms with E-state index < -0.39 is 12.0 Å². The molecule has 10 heteroatoms. The molecule has 1 aliphatic heterocycles. The smallest absolute Gasteiger partial charge is 0.338 e. The number of halogens is 1. The van der Waals surface area contributed by atoms with Gasteiger partial charge in [0.2, 0.25) is 0 Å². The van der Waals surface area contributed by atoms with Crippen LogP contribution in [0.2, 0.25) is 0 Å². The minimum Gasteiger partial charge on any atom is -0.491 e. The highest BCUT2D eigenvalue weighted by Gasteiger charge is 2.35. The van der Waals surface area contributed by atoms with E-state index in [2.05, 4.69) is 33.5 Å². The normalized spacial score (nSPS) is 14.8. The molecule has 0 amide bonds. The number of aromatic nitrogens is 1. The van der Waals surface area contributed by atoms with Gasteiger partial charge in [0, 0.05) is 5.56 Å². The van der Waals surface area contributed by atoms with E-state index in [0.29, 0.717) is 50.0 Å². The molecule has 0 spiro atoms. The number of rotatable bonds is 10. The highest BCUT2D eigenvalue weighted by atomic mass is 127. The second kappa shape index (κ2) is 13.4. The highest BCUT2D eigenvalue weighted by Crippen LogP contribution is 2.37. The summed E-state index contributed by atoms with van der Waals surface area (Å²) in [5.41, 5.74) is 1.93. The van der Waals surface area contributed by atoms with Crippen LogP contribution in [-0.2, 0) is 9.53 Å². The van der Waals surface area contributed by atoms with Crippen molar-refractivity contribution in [2.45, 2.75) is 46.8 Å². The monoisotopic (exact) mass is 686 g/mol. The number of nitrogens with zero attached hydrogens (tertiary/aromatic N) is 2. The van der Waals surface area contributed by atoms with Crippen LogP contribution in [-0.4, -0.2) is 36.5 Å². The SMILES string of the molecule is C#CCOc1c(I)cc(/C=c2/sc3n(c2=O)[C@H](c2ccccc2OC(C)C)C(C(=O)OCC)=C(C)N=3)cc1OCC. The summed E-state index contributed by atoms with van der Waals surface area (Å²) in [7, 11) is 0. The zero-order valence-electron chi connectivity index (χ0n) is 23.5. The van der Waals surface area contributed by atoms with E-state index in [4.69, 9.17) is 25.4 Å². The molecule has 2 aromatic carbocycles. The molecular formula is C31H31IN2O6S. The van der Waals surface area contributed by atoms with Crippen molar-refractivity contribution in [1.82, 2.24) is 4.57 Å². The summed E-state index contributed by atoms with van der Waals surface area (Å²) in [5, 5.41) is 0. The Morgan fingerprint density at radius 1 is 1.20 bits per heavy atom. The van der Waals surface area contributed by atoms with Gasteiger partial charge in [0.05, 0.1) is 38.7 Å². The Labute approximate surface area is 256 Å². The number of allylic oxidation sites excluding steroid dienone is 1. The van der Waals surface area contributed by atoms with Crippen LogP contribution < -0.4 is 29.1 Å². The molecule has 2 heterocycles. The second-order valence-corrected chi connectivity index (χ2v) is 11.4. The Morgan fingerprint density at radius 2 is 1.95 bits per heavy atom. The lowest BCUT2D eigenvalue weighted by molar-refractivity contribution is -0.139. The third-order valence-electron chi connectivity index (χ3n) is 6.02. The number of hydrogen-bond acceptors (Lipinski definition) is 8. The van der Waals surface area contributed by atoms with Gasteiger partial charge in [-0.1, -0.05) is 35.5 Å². The Kier molecular flexibility index (Phi) is 9.94. The summed E-state index contributed by atoms with van der Waals surface area (Å²) < 4.78 is 25.8. The number of thiazole rings is 1. The Bertz CT molecular complexity index is 1710. The van der Waals surface area contributed by atoms with Gasteiger partial charge in [-0.2, -0.15) is 0 Å². The van der Waals surface area contributed by atoms with Gasteiger partial charge in [-0.25, -0.2) is 9.79 Å². The summed E-state index contributed by atoms with van der Waals surface area (Å²) in [4.78, 5) is 32.5. The topological polar surface area (TPSA) is 88.4 Å². The largest absolute Gasteiger partial charge is 0.491 e. The minimum atomic E-state index is -0.777. The number of esters is 1. The number of fused-ring (bicyclic) bond motifs is 1. The fourth-order valence-electron chi connectivity index (χ4n) is 4.49. The number of carbonyl (C=O) groups is 1. The van der Waals surface area contributed by atoms with Crippen molar-refractivity contribution in [2.24, 2.45) is 4.99 Å². The Morgan fingerprint density at radius 3 is 2.63 bits per heavy atom. The minimum absolute atomic E-state index is 0.109. The van der Waals surface area contributed by atoms with E-state index in [9.17, 15) is 9.59 Å². The molecule has 0 fully saturated rings. The predicted molar refractivity (Wildman–Crippen MR) is 167 cm³/mol. The molecule has 1 aliphatic rings. The third-order valence-corrected chi connectivity index (χ3v) is 7.81. The van der Waals surface area contributed by atoms with Gasteiger partial charge in [-0.3, -0.25) is 9.36 Å². The van der Waals surface area contributed by atoms with Crippen molar-refractivity contribution < 1.29 is 23.7 Å². The van der Waals surface area contributed by atoms with Gasteiger partial charge in [-0.15, -0.1) is 6.42 Å². The van der Waals surface area contributed by atoms with E-state index in [1.165, 1.54) is 11.3 Å². The van der Waals surface area contributed by atoms with Gasteiger partial charge in [0.25, 0.3) is 5.56 Å². The second-order valence-electron chi connectivity index (χ2n) is 9.26.